The number of carbonyl (C=O) groups excluding carboxylic acids is 1. The van der Waals surface area contributed by atoms with Crippen LogP contribution < -0.4 is 16.0 Å². The van der Waals surface area contributed by atoms with Crippen molar-refractivity contribution in [2.75, 3.05) is 39.3 Å². The van der Waals surface area contributed by atoms with E-state index in [1.165, 1.54) is 24.2 Å². The third-order valence-corrected chi connectivity index (χ3v) is 5.76. The molecule has 2 aromatic heterocycles. The van der Waals surface area contributed by atoms with E-state index in [2.05, 4.69) is 27.8 Å². The van der Waals surface area contributed by atoms with Gasteiger partial charge in [-0.1, -0.05) is 6.07 Å². The molecule has 3 N–H and O–H groups in total. The first kappa shape index (κ1) is 21.4. The van der Waals surface area contributed by atoms with Crippen molar-refractivity contribution < 1.29 is 9.21 Å². The average molecular weight is 418 g/mol. The molecule has 0 saturated carbocycles. The van der Waals surface area contributed by atoms with Crippen LogP contribution >= 0.6 is 11.3 Å². The van der Waals surface area contributed by atoms with Crippen molar-refractivity contribution in [3.63, 3.8) is 0 Å². The van der Waals surface area contributed by atoms with E-state index in [-0.39, 0.29) is 11.9 Å². The SMILES string of the molecule is CCNC(=NCC(c1ccco1)N1CCCC1)NCCCNC(=O)c1cccs1. The van der Waals surface area contributed by atoms with E-state index in [0.717, 1.165) is 49.2 Å². The zero-order valence-corrected chi connectivity index (χ0v) is 17.8. The molecule has 29 heavy (non-hydrogen) atoms. The molecular weight excluding hydrogens is 386 g/mol. The summed E-state index contributed by atoms with van der Waals surface area (Å²) in [6.07, 6.45) is 5.03. The fraction of sp³-hybridized carbons (Fsp3) is 0.524. The molecule has 0 bridgehead atoms. The summed E-state index contributed by atoms with van der Waals surface area (Å²) < 4.78 is 5.68. The average Bonchev–Trinajstić information content (AvgIpc) is 3.51. The highest BCUT2D eigenvalue weighted by atomic mass is 32.1. The predicted molar refractivity (Wildman–Crippen MR) is 118 cm³/mol. The maximum atomic E-state index is 12.0. The molecule has 1 fully saturated rings. The molecule has 3 rings (SSSR count). The van der Waals surface area contributed by atoms with Crippen LogP contribution in [-0.2, 0) is 0 Å². The Labute approximate surface area is 176 Å². The van der Waals surface area contributed by atoms with Crippen molar-refractivity contribution in [2.24, 2.45) is 4.99 Å². The maximum Gasteiger partial charge on any atom is 0.261 e. The summed E-state index contributed by atoms with van der Waals surface area (Å²) in [6, 6.07) is 7.88. The number of nitrogens with zero attached hydrogens (tertiary/aromatic N) is 2. The quantitative estimate of drug-likeness (QED) is 0.315. The van der Waals surface area contributed by atoms with Crippen molar-refractivity contribution in [2.45, 2.75) is 32.2 Å². The second kappa shape index (κ2) is 11.6. The fourth-order valence-electron chi connectivity index (χ4n) is 3.43. The first-order valence-electron chi connectivity index (χ1n) is 10.4. The highest BCUT2D eigenvalue weighted by Gasteiger charge is 2.25. The Morgan fingerprint density at radius 2 is 2.03 bits per heavy atom. The van der Waals surface area contributed by atoms with Gasteiger partial charge in [0.1, 0.15) is 5.76 Å². The minimum atomic E-state index is -0.00697. The van der Waals surface area contributed by atoms with E-state index in [0.29, 0.717) is 13.1 Å². The van der Waals surface area contributed by atoms with E-state index in [1.54, 1.807) is 6.26 Å². The van der Waals surface area contributed by atoms with Crippen LogP contribution in [0.15, 0.2) is 45.3 Å². The van der Waals surface area contributed by atoms with Crippen molar-refractivity contribution in [3.8, 4) is 0 Å². The first-order valence-corrected chi connectivity index (χ1v) is 11.3. The number of nitrogens with one attached hydrogen (secondary N) is 3. The van der Waals surface area contributed by atoms with Gasteiger partial charge in [0.15, 0.2) is 5.96 Å². The maximum absolute atomic E-state index is 12.0. The number of furan rings is 1. The van der Waals surface area contributed by atoms with E-state index in [9.17, 15) is 4.79 Å². The molecule has 1 atom stereocenters. The van der Waals surface area contributed by atoms with E-state index in [1.807, 2.05) is 29.6 Å². The van der Waals surface area contributed by atoms with Crippen LogP contribution in [0.3, 0.4) is 0 Å². The zero-order chi connectivity index (χ0) is 20.3. The molecule has 1 aliphatic rings. The topological polar surface area (TPSA) is 81.9 Å². The number of aliphatic imine (C=N–C) groups is 1. The normalized spacial score (nSPS) is 16.0. The van der Waals surface area contributed by atoms with Gasteiger partial charge in [-0.3, -0.25) is 14.7 Å². The van der Waals surface area contributed by atoms with Gasteiger partial charge >= 0.3 is 0 Å². The Morgan fingerprint density at radius 3 is 2.72 bits per heavy atom. The van der Waals surface area contributed by atoms with Crippen LogP contribution in [0, 0.1) is 0 Å². The minimum absolute atomic E-state index is 0.00697. The summed E-state index contributed by atoms with van der Waals surface area (Å²) in [5, 5.41) is 11.5. The number of hydrogen-bond acceptors (Lipinski definition) is 5. The van der Waals surface area contributed by atoms with Gasteiger partial charge in [-0.05, 0) is 62.9 Å². The van der Waals surface area contributed by atoms with Crippen LogP contribution in [0.5, 0.6) is 0 Å². The van der Waals surface area contributed by atoms with Crippen molar-refractivity contribution in [1.82, 2.24) is 20.9 Å². The van der Waals surface area contributed by atoms with Crippen LogP contribution in [0.4, 0.5) is 0 Å². The molecule has 1 aliphatic heterocycles. The number of rotatable bonds is 10. The fourth-order valence-corrected chi connectivity index (χ4v) is 4.07. The summed E-state index contributed by atoms with van der Waals surface area (Å²) >= 11 is 1.46. The van der Waals surface area contributed by atoms with Gasteiger partial charge in [-0.15, -0.1) is 11.3 Å². The molecule has 3 heterocycles. The lowest BCUT2D eigenvalue weighted by Gasteiger charge is -2.24. The summed E-state index contributed by atoms with van der Waals surface area (Å²) in [5.74, 6) is 1.77. The Balaban J connectivity index is 1.46. The lowest BCUT2D eigenvalue weighted by atomic mass is 10.2. The number of amides is 1. The second-order valence-electron chi connectivity index (χ2n) is 7.01. The van der Waals surface area contributed by atoms with E-state index >= 15 is 0 Å². The van der Waals surface area contributed by atoms with Crippen LogP contribution in [0.2, 0.25) is 0 Å². The largest absolute Gasteiger partial charge is 0.468 e. The number of likely N-dealkylation sites (tertiary alicyclic amines) is 1. The van der Waals surface area contributed by atoms with Gasteiger partial charge in [0.05, 0.1) is 23.7 Å². The highest BCUT2D eigenvalue weighted by molar-refractivity contribution is 7.12. The van der Waals surface area contributed by atoms with Crippen molar-refractivity contribution in [3.05, 3.63) is 46.5 Å². The number of guanidine groups is 1. The van der Waals surface area contributed by atoms with Gasteiger partial charge < -0.3 is 20.4 Å². The Kier molecular flexibility index (Phi) is 8.58. The van der Waals surface area contributed by atoms with Crippen LogP contribution in [-0.4, -0.2) is 56.0 Å². The smallest absolute Gasteiger partial charge is 0.261 e. The van der Waals surface area contributed by atoms with Crippen LogP contribution in [0.1, 0.15) is 47.7 Å². The predicted octanol–water partition coefficient (Wildman–Crippen LogP) is 2.85. The van der Waals surface area contributed by atoms with Crippen molar-refractivity contribution in [1.29, 1.82) is 0 Å². The minimum Gasteiger partial charge on any atom is -0.468 e. The molecule has 8 heteroatoms. The third-order valence-electron chi connectivity index (χ3n) is 4.90. The molecule has 7 nitrogen and oxygen atoms in total. The molecule has 1 amide bonds. The van der Waals surface area contributed by atoms with Gasteiger partial charge in [0.2, 0.25) is 0 Å². The lowest BCUT2D eigenvalue weighted by Crippen LogP contribution is -2.39. The molecule has 0 aliphatic carbocycles. The van der Waals surface area contributed by atoms with E-state index < -0.39 is 0 Å². The van der Waals surface area contributed by atoms with Crippen LogP contribution in [0.25, 0.3) is 0 Å². The number of hydrogen-bond donors (Lipinski definition) is 3. The molecule has 1 saturated heterocycles. The van der Waals surface area contributed by atoms with Gasteiger partial charge in [0, 0.05) is 19.6 Å². The number of thiophene rings is 1. The van der Waals surface area contributed by atoms with E-state index in [4.69, 9.17) is 9.41 Å². The van der Waals surface area contributed by atoms with Gasteiger partial charge in [-0.2, -0.15) is 0 Å². The summed E-state index contributed by atoms with van der Waals surface area (Å²) in [7, 11) is 0. The molecule has 158 valence electrons. The standard InChI is InChI=1S/C21H31N5O2S/c1-2-22-21(24-11-7-10-23-20(27)19-9-6-15-29-19)25-16-17(18-8-5-14-28-18)26-12-3-4-13-26/h5-6,8-9,14-15,17H,2-4,7,10-13,16H2,1H3,(H,23,27)(H2,22,24,25). The lowest BCUT2D eigenvalue weighted by molar-refractivity contribution is 0.0957. The Morgan fingerprint density at radius 1 is 1.21 bits per heavy atom. The molecule has 0 spiro atoms. The summed E-state index contributed by atoms with van der Waals surface area (Å²) in [5.41, 5.74) is 0. The zero-order valence-electron chi connectivity index (χ0n) is 17.0. The number of carbonyl (C=O) groups is 1. The van der Waals surface area contributed by atoms with Crippen molar-refractivity contribution >= 4 is 23.2 Å². The molecule has 2 aromatic rings. The first-order chi connectivity index (χ1) is 14.3. The summed E-state index contributed by atoms with van der Waals surface area (Å²) in [6.45, 7) is 7.07. The Bertz CT molecular complexity index is 739. The second-order valence-corrected chi connectivity index (χ2v) is 7.96. The highest BCUT2D eigenvalue weighted by Crippen LogP contribution is 2.25. The monoisotopic (exact) mass is 417 g/mol. The van der Waals surface area contributed by atoms with Gasteiger partial charge in [0.25, 0.3) is 5.91 Å². The molecule has 0 radical (unpaired) electrons. The third kappa shape index (κ3) is 6.61. The molecule has 1 unspecified atom stereocenters. The van der Waals surface area contributed by atoms with Gasteiger partial charge in [-0.25, -0.2) is 0 Å². The Hall–Kier alpha value is -2.32. The molecular formula is C21H31N5O2S. The molecule has 0 aromatic carbocycles. The summed E-state index contributed by atoms with van der Waals surface area (Å²) in [4.78, 5) is 19.9.